The van der Waals surface area contributed by atoms with Gasteiger partial charge in [0.2, 0.25) is 0 Å². The van der Waals surface area contributed by atoms with E-state index in [-0.39, 0.29) is 0 Å². The third-order valence-electron chi connectivity index (χ3n) is 3.37. The predicted molar refractivity (Wildman–Crippen MR) is 81.0 cm³/mol. The first-order chi connectivity index (χ1) is 9.78. The lowest BCUT2D eigenvalue weighted by atomic mass is 10.3. The average Bonchev–Trinajstić information content (AvgIpc) is 2.82. The molecule has 1 aromatic heterocycles. The topological polar surface area (TPSA) is 39.1 Å². The molecule has 20 heavy (non-hydrogen) atoms. The Morgan fingerprint density at radius 3 is 2.70 bits per heavy atom. The summed E-state index contributed by atoms with van der Waals surface area (Å²) in [6.07, 6.45) is 0. The Hall–Kier alpha value is -2.49. The third kappa shape index (κ3) is 2.32. The molecule has 0 radical (unpaired) electrons. The zero-order valence-corrected chi connectivity index (χ0v) is 11.6. The molecule has 4 nitrogen and oxygen atoms in total. The van der Waals surface area contributed by atoms with Crippen molar-refractivity contribution in [2.24, 2.45) is 7.05 Å². The number of ether oxygens (including phenoxy) is 1. The molecule has 0 aliphatic rings. The SMILES string of the molecule is CNc1ccc2nc(COc3ccccc3)n(C)c2c1. The van der Waals surface area contributed by atoms with Crippen LogP contribution in [0.3, 0.4) is 0 Å². The molecule has 4 heteroatoms. The van der Waals surface area contributed by atoms with Crippen LogP contribution in [0.15, 0.2) is 48.5 Å². The maximum atomic E-state index is 5.76. The monoisotopic (exact) mass is 267 g/mol. The molecular formula is C16H17N3O. The Bertz CT molecular complexity index is 719. The molecule has 3 aromatic rings. The summed E-state index contributed by atoms with van der Waals surface area (Å²) >= 11 is 0. The molecule has 1 heterocycles. The van der Waals surface area contributed by atoms with Crippen LogP contribution in [0.25, 0.3) is 11.0 Å². The van der Waals surface area contributed by atoms with E-state index in [1.807, 2.05) is 56.6 Å². The van der Waals surface area contributed by atoms with Crippen molar-refractivity contribution < 1.29 is 4.74 Å². The fourth-order valence-corrected chi connectivity index (χ4v) is 2.19. The van der Waals surface area contributed by atoms with Crippen LogP contribution in [0.2, 0.25) is 0 Å². The lowest BCUT2D eigenvalue weighted by molar-refractivity contribution is 0.292. The quantitative estimate of drug-likeness (QED) is 0.789. The minimum Gasteiger partial charge on any atom is -0.486 e. The zero-order valence-electron chi connectivity index (χ0n) is 11.6. The summed E-state index contributed by atoms with van der Waals surface area (Å²) in [6, 6.07) is 15.9. The van der Waals surface area contributed by atoms with E-state index >= 15 is 0 Å². The zero-order chi connectivity index (χ0) is 13.9. The number of nitrogens with one attached hydrogen (secondary N) is 1. The number of nitrogens with zero attached hydrogens (tertiary/aromatic N) is 2. The van der Waals surface area contributed by atoms with Gasteiger partial charge in [-0.2, -0.15) is 0 Å². The molecular weight excluding hydrogens is 250 g/mol. The van der Waals surface area contributed by atoms with Crippen molar-refractivity contribution in [1.82, 2.24) is 9.55 Å². The normalized spacial score (nSPS) is 10.7. The molecule has 102 valence electrons. The van der Waals surface area contributed by atoms with Crippen molar-refractivity contribution in [3.8, 4) is 5.75 Å². The summed E-state index contributed by atoms with van der Waals surface area (Å²) in [5, 5.41) is 3.14. The van der Waals surface area contributed by atoms with Crippen molar-refractivity contribution in [2.45, 2.75) is 6.61 Å². The van der Waals surface area contributed by atoms with Crippen LogP contribution in [0, 0.1) is 0 Å². The van der Waals surface area contributed by atoms with Crippen molar-refractivity contribution in [1.29, 1.82) is 0 Å². The first kappa shape index (κ1) is 12.5. The van der Waals surface area contributed by atoms with Gasteiger partial charge in [-0.15, -0.1) is 0 Å². The minimum absolute atomic E-state index is 0.462. The average molecular weight is 267 g/mol. The van der Waals surface area contributed by atoms with E-state index < -0.39 is 0 Å². The maximum Gasteiger partial charge on any atom is 0.147 e. The van der Waals surface area contributed by atoms with Gasteiger partial charge in [0.15, 0.2) is 0 Å². The Balaban J connectivity index is 1.86. The van der Waals surface area contributed by atoms with E-state index in [0.717, 1.165) is 28.3 Å². The van der Waals surface area contributed by atoms with E-state index in [9.17, 15) is 0 Å². The number of benzene rings is 2. The Kier molecular flexibility index (Phi) is 3.29. The standard InChI is InChI=1S/C16H17N3O/c1-17-12-8-9-14-15(10-12)19(2)16(18-14)11-20-13-6-4-3-5-7-13/h3-10,17H,11H2,1-2H3. The Morgan fingerprint density at radius 2 is 1.95 bits per heavy atom. The van der Waals surface area contributed by atoms with Crippen LogP contribution in [0.4, 0.5) is 5.69 Å². The Labute approximate surface area is 118 Å². The number of anilines is 1. The van der Waals surface area contributed by atoms with Gasteiger partial charge in [0.1, 0.15) is 18.2 Å². The van der Waals surface area contributed by atoms with E-state index in [1.165, 1.54) is 0 Å². The van der Waals surface area contributed by atoms with Crippen LogP contribution >= 0.6 is 0 Å². The molecule has 0 aliphatic carbocycles. The molecule has 0 unspecified atom stereocenters. The predicted octanol–water partition coefficient (Wildman–Crippen LogP) is 3.19. The highest BCUT2D eigenvalue weighted by atomic mass is 16.5. The summed E-state index contributed by atoms with van der Waals surface area (Å²) in [6.45, 7) is 0.462. The second kappa shape index (κ2) is 5.25. The Morgan fingerprint density at radius 1 is 1.15 bits per heavy atom. The number of hydrogen-bond acceptors (Lipinski definition) is 3. The molecule has 0 saturated heterocycles. The van der Waals surface area contributed by atoms with E-state index in [2.05, 4.69) is 20.9 Å². The summed E-state index contributed by atoms with van der Waals surface area (Å²) in [5.74, 6) is 1.77. The number of fused-ring (bicyclic) bond motifs is 1. The summed E-state index contributed by atoms with van der Waals surface area (Å²) in [5.41, 5.74) is 3.16. The number of imidazole rings is 1. The third-order valence-corrected chi connectivity index (χ3v) is 3.37. The van der Waals surface area contributed by atoms with Crippen LogP contribution in [0.1, 0.15) is 5.82 Å². The molecule has 0 saturated carbocycles. The second-order valence-corrected chi connectivity index (χ2v) is 4.64. The molecule has 0 aliphatic heterocycles. The fourth-order valence-electron chi connectivity index (χ4n) is 2.19. The highest BCUT2D eigenvalue weighted by Crippen LogP contribution is 2.20. The van der Waals surface area contributed by atoms with Crippen LogP contribution in [-0.2, 0) is 13.7 Å². The molecule has 1 N–H and O–H groups in total. The number of hydrogen-bond donors (Lipinski definition) is 1. The maximum absolute atomic E-state index is 5.76. The van der Waals surface area contributed by atoms with Gasteiger partial charge >= 0.3 is 0 Å². The number of aryl methyl sites for hydroxylation is 1. The van der Waals surface area contributed by atoms with Crippen molar-refractivity contribution in [3.63, 3.8) is 0 Å². The second-order valence-electron chi connectivity index (χ2n) is 4.64. The molecule has 0 atom stereocenters. The molecule has 2 aromatic carbocycles. The lowest BCUT2D eigenvalue weighted by Crippen LogP contribution is -2.03. The summed E-state index contributed by atoms with van der Waals surface area (Å²) < 4.78 is 7.83. The molecule has 0 spiro atoms. The summed E-state index contributed by atoms with van der Waals surface area (Å²) in [7, 11) is 3.93. The van der Waals surface area contributed by atoms with Crippen molar-refractivity contribution >= 4 is 16.7 Å². The molecule has 0 fully saturated rings. The van der Waals surface area contributed by atoms with E-state index in [1.54, 1.807) is 0 Å². The van der Waals surface area contributed by atoms with Gasteiger partial charge in [0, 0.05) is 19.8 Å². The summed E-state index contributed by atoms with van der Waals surface area (Å²) in [4.78, 5) is 4.61. The van der Waals surface area contributed by atoms with E-state index in [4.69, 9.17) is 4.74 Å². The molecule has 0 bridgehead atoms. The first-order valence-electron chi connectivity index (χ1n) is 6.59. The minimum atomic E-state index is 0.462. The number of aromatic nitrogens is 2. The molecule has 3 rings (SSSR count). The smallest absolute Gasteiger partial charge is 0.147 e. The number of para-hydroxylation sites is 1. The van der Waals surface area contributed by atoms with Gasteiger partial charge in [-0.3, -0.25) is 0 Å². The van der Waals surface area contributed by atoms with Crippen molar-refractivity contribution in [3.05, 3.63) is 54.4 Å². The molecule has 0 amide bonds. The highest BCUT2D eigenvalue weighted by molar-refractivity contribution is 5.80. The highest BCUT2D eigenvalue weighted by Gasteiger charge is 2.08. The van der Waals surface area contributed by atoms with Crippen LogP contribution < -0.4 is 10.1 Å². The van der Waals surface area contributed by atoms with E-state index in [0.29, 0.717) is 6.61 Å². The van der Waals surface area contributed by atoms with Crippen LogP contribution in [-0.4, -0.2) is 16.6 Å². The fraction of sp³-hybridized carbons (Fsp3) is 0.188. The largest absolute Gasteiger partial charge is 0.486 e. The van der Waals surface area contributed by atoms with Gasteiger partial charge in [-0.05, 0) is 30.3 Å². The van der Waals surface area contributed by atoms with Gasteiger partial charge in [0.05, 0.1) is 11.0 Å². The van der Waals surface area contributed by atoms with Gasteiger partial charge in [0.25, 0.3) is 0 Å². The van der Waals surface area contributed by atoms with Gasteiger partial charge in [-0.25, -0.2) is 4.98 Å². The van der Waals surface area contributed by atoms with Gasteiger partial charge in [-0.1, -0.05) is 18.2 Å². The van der Waals surface area contributed by atoms with Crippen molar-refractivity contribution in [2.75, 3.05) is 12.4 Å². The first-order valence-corrected chi connectivity index (χ1v) is 6.59. The van der Waals surface area contributed by atoms with Crippen LogP contribution in [0.5, 0.6) is 5.75 Å². The number of rotatable bonds is 4. The van der Waals surface area contributed by atoms with Gasteiger partial charge < -0.3 is 14.6 Å². The lowest BCUT2D eigenvalue weighted by Gasteiger charge is -2.06.